The highest BCUT2D eigenvalue weighted by atomic mass is 16.5. The van der Waals surface area contributed by atoms with Crippen LogP contribution in [0.5, 0.6) is 5.75 Å². The van der Waals surface area contributed by atoms with Gasteiger partial charge in [-0.05, 0) is 44.4 Å². The van der Waals surface area contributed by atoms with E-state index in [0.717, 1.165) is 17.7 Å². The van der Waals surface area contributed by atoms with E-state index in [1.165, 1.54) is 0 Å². The van der Waals surface area contributed by atoms with Crippen LogP contribution in [0, 0.1) is 0 Å². The molecule has 106 valence electrons. The third-order valence-electron chi connectivity index (χ3n) is 2.87. The first kappa shape index (κ1) is 15.5. The van der Waals surface area contributed by atoms with Crippen LogP contribution < -0.4 is 15.8 Å². The Kier molecular flexibility index (Phi) is 5.83. The summed E-state index contributed by atoms with van der Waals surface area (Å²) in [7, 11) is 1.65. The average Bonchev–Trinajstić information content (AvgIpc) is 2.36. The highest BCUT2D eigenvalue weighted by Gasteiger charge is 2.12. The van der Waals surface area contributed by atoms with E-state index in [-0.39, 0.29) is 11.4 Å². The molecule has 0 aromatic heterocycles. The molecule has 0 saturated heterocycles. The molecule has 4 heteroatoms. The summed E-state index contributed by atoms with van der Waals surface area (Å²) < 4.78 is 5.16. The molecular weight excluding hydrogens is 240 g/mol. The number of hydrogen-bond donors (Lipinski definition) is 2. The van der Waals surface area contributed by atoms with Crippen molar-refractivity contribution in [2.24, 2.45) is 5.73 Å². The van der Waals surface area contributed by atoms with E-state index in [0.29, 0.717) is 19.4 Å². The minimum atomic E-state index is -0.288. The van der Waals surface area contributed by atoms with E-state index < -0.39 is 0 Å². The molecule has 1 amide bonds. The Morgan fingerprint density at radius 1 is 1.42 bits per heavy atom. The lowest BCUT2D eigenvalue weighted by atomic mass is 10.00. The second-order valence-corrected chi connectivity index (χ2v) is 5.44. The summed E-state index contributed by atoms with van der Waals surface area (Å²) in [5, 5.41) is 2.91. The number of carbonyl (C=O) groups is 1. The standard InChI is InChI=1S/C15H24N2O2/c1-15(2,16)9-7-14(18)17-10-8-12-5-4-6-13(11-12)19-3/h4-6,11H,7-10,16H2,1-3H3,(H,17,18). The molecule has 0 atom stereocenters. The van der Waals surface area contributed by atoms with E-state index in [4.69, 9.17) is 10.5 Å². The molecule has 0 spiro atoms. The number of nitrogens with two attached hydrogens (primary N) is 1. The van der Waals surface area contributed by atoms with Crippen molar-refractivity contribution >= 4 is 5.91 Å². The number of carbonyl (C=O) groups excluding carboxylic acids is 1. The number of ether oxygens (including phenoxy) is 1. The maximum atomic E-state index is 11.6. The van der Waals surface area contributed by atoms with Gasteiger partial charge < -0.3 is 15.8 Å². The van der Waals surface area contributed by atoms with Crippen LogP contribution in [0.25, 0.3) is 0 Å². The molecular formula is C15H24N2O2. The fourth-order valence-corrected chi connectivity index (χ4v) is 1.70. The van der Waals surface area contributed by atoms with Crippen LogP contribution >= 0.6 is 0 Å². The quantitative estimate of drug-likeness (QED) is 0.790. The molecule has 4 nitrogen and oxygen atoms in total. The topological polar surface area (TPSA) is 64.3 Å². The van der Waals surface area contributed by atoms with Crippen LogP contribution in [0.15, 0.2) is 24.3 Å². The van der Waals surface area contributed by atoms with Gasteiger partial charge in [0.25, 0.3) is 0 Å². The van der Waals surface area contributed by atoms with Crippen LogP contribution in [-0.2, 0) is 11.2 Å². The van der Waals surface area contributed by atoms with E-state index in [9.17, 15) is 4.79 Å². The molecule has 0 unspecified atom stereocenters. The normalized spacial score (nSPS) is 11.2. The summed E-state index contributed by atoms with van der Waals surface area (Å²) in [5.41, 5.74) is 6.71. The molecule has 1 aromatic rings. The van der Waals surface area contributed by atoms with E-state index in [2.05, 4.69) is 5.32 Å². The third kappa shape index (κ3) is 6.82. The van der Waals surface area contributed by atoms with Gasteiger partial charge in [-0.3, -0.25) is 4.79 Å². The van der Waals surface area contributed by atoms with Crippen molar-refractivity contribution < 1.29 is 9.53 Å². The summed E-state index contributed by atoms with van der Waals surface area (Å²) >= 11 is 0. The van der Waals surface area contributed by atoms with E-state index in [1.54, 1.807) is 7.11 Å². The number of benzene rings is 1. The summed E-state index contributed by atoms with van der Waals surface area (Å²) in [6, 6.07) is 7.87. The molecule has 0 saturated carbocycles. The minimum absolute atomic E-state index is 0.0569. The van der Waals surface area contributed by atoms with Gasteiger partial charge in [-0.1, -0.05) is 12.1 Å². The van der Waals surface area contributed by atoms with Crippen molar-refractivity contribution in [1.82, 2.24) is 5.32 Å². The van der Waals surface area contributed by atoms with Crippen molar-refractivity contribution in [2.45, 2.75) is 38.6 Å². The largest absolute Gasteiger partial charge is 0.497 e. The maximum absolute atomic E-state index is 11.6. The van der Waals surface area contributed by atoms with Gasteiger partial charge in [0.05, 0.1) is 7.11 Å². The van der Waals surface area contributed by atoms with Gasteiger partial charge in [-0.15, -0.1) is 0 Å². The molecule has 0 fully saturated rings. The first-order chi connectivity index (χ1) is 8.90. The maximum Gasteiger partial charge on any atom is 0.220 e. The smallest absolute Gasteiger partial charge is 0.220 e. The Balaban J connectivity index is 2.28. The monoisotopic (exact) mass is 264 g/mol. The van der Waals surface area contributed by atoms with Crippen molar-refractivity contribution in [1.29, 1.82) is 0 Å². The zero-order chi connectivity index (χ0) is 14.3. The van der Waals surface area contributed by atoms with Gasteiger partial charge in [0.1, 0.15) is 5.75 Å². The van der Waals surface area contributed by atoms with E-state index >= 15 is 0 Å². The number of nitrogens with one attached hydrogen (secondary N) is 1. The van der Waals surface area contributed by atoms with Crippen LogP contribution in [0.4, 0.5) is 0 Å². The average molecular weight is 264 g/mol. The molecule has 0 aliphatic rings. The lowest BCUT2D eigenvalue weighted by molar-refractivity contribution is -0.121. The first-order valence-electron chi connectivity index (χ1n) is 6.59. The Labute approximate surface area is 115 Å². The van der Waals surface area contributed by atoms with Gasteiger partial charge in [-0.25, -0.2) is 0 Å². The first-order valence-corrected chi connectivity index (χ1v) is 6.59. The molecule has 0 bridgehead atoms. The fourth-order valence-electron chi connectivity index (χ4n) is 1.70. The number of methoxy groups -OCH3 is 1. The second kappa shape index (κ2) is 7.14. The van der Waals surface area contributed by atoms with Gasteiger partial charge >= 0.3 is 0 Å². The Bertz CT molecular complexity index is 411. The molecule has 0 radical (unpaired) electrons. The number of amides is 1. The van der Waals surface area contributed by atoms with Gasteiger partial charge in [0, 0.05) is 18.5 Å². The van der Waals surface area contributed by atoms with E-state index in [1.807, 2.05) is 38.1 Å². The molecule has 0 aliphatic carbocycles. The highest BCUT2D eigenvalue weighted by Crippen LogP contribution is 2.12. The Hall–Kier alpha value is -1.55. The van der Waals surface area contributed by atoms with Gasteiger partial charge in [0.2, 0.25) is 5.91 Å². The highest BCUT2D eigenvalue weighted by molar-refractivity contribution is 5.75. The predicted octanol–water partition coefficient (Wildman–Crippen LogP) is 1.87. The second-order valence-electron chi connectivity index (χ2n) is 5.44. The Morgan fingerprint density at radius 3 is 2.79 bits per heavy atom. The zero-order valence-electron chi connectivity index (χ0n) is 12.0. The Morgan fingerprint density at radius 2 is 2.16 bits per heavy atom. The predicted molar refractivity (Wildman–Crippen MR) is 77.2 cm³/mol. The van der Waals surface area contributed by atoms with Gasteiger partial charge in [0.15, 0.2) is 0 Å². The van der Waals surface area contributed by atoms with Crippen molar-refractivity contribution in [3.05, 3.63) is 29.8 Å². The number of hydrogen-bond acceptors (Lipinski definition) is 3. The summed E-state index contributed by atoms with van der Waals surface area (Å²) in [6.07, 6.45) is 1.97. The van der Waals surface area contributed by atoms with Crippen molar-refractivity contribution in [3.8, 4) is 5.75 Å². The van der Waals surface area contributed by atoms with Crippen molar-refractivity contribution in [3.63, 3.8) is 0 Å². The molecule has 1 rings (SSSR count). The summed E-state index contributed by atoms with van der Waals surface area (Å²) in [5.74, 6) is 0.898. The van der Waals surface area contributed by atoms with Crippen LogP contribution in [-0.4, -0.2) is 25.1 Å². The zero-order valence-corrected chi connectivity index (χ0v) is 12.0. The van der Waals surface area contributed by atoms with Crippen LogP contribution in [0.3, 0.4) is 0 Å². The fraction of sp³-hybridized carbons (Fsp3) is 0.533. The molecule has 19 heavy (non-hydrogen) atoms. The number of rotatable bonds is 7. The molecule has 1 aromatic carbocycles. The summed E-state index contributed by atoms with van der Waals surface area (Å²) in [4.78, 5) is 11.6. The molecule has 0 aliphatic heterocycles. The van der Waals surface area contributed by atoms with Gasteiger partial charge in [-0.2, -0.15) is 0 Å². The molecule has 0 heterocycles. The lowest BCUT2D eigenvalue weighted by Gasteiger charge is -2.17. The van der Waals surface area contributed by atoms with Crippen LogP contribution in [0.1, 0.15) is 32.3 Å². The lowest BCUT2D eigenvalue weighted by Crippen LogP contribution is -2.34. The molecule has 3 N–H and O–H groups in total. The SMILES string of the molecule is COc1cccc(CCNC(=O)CCC(C)(C)N)c1. The minimum Gasteiger partial charge on any atom is -0.497 e. The van der Waals surface area contributed by atoms with Crippen molar-refractivity contribution in [2.75, 3.05) is 13.7 Å². The van der Waals surface area contributed by atoms with Crippen LogP contribution in [0.2, 0.25) is 0 Å². The third-order valence-corrected chi connectivity index (χ3v) is 2.87. The summed E-state index contributed by atoms with van der Waals surface area (Å²) in [6.45, 7) is 4.49.